The van der Waals surface area contributed by atoms with Crippen LogP contribution in [0.1, 0.15) is 20.9 Å². The Morgan fingerprint density at radius 3 is 2.41 bits per heavy atom. The van der Waals surface area contributed by atoms with Crippen LogP contribution in [0.3, 0.4) is 0 Å². The van der Waals surface area contributed by atoms with Gasteiger partial charge in [0, 0.05) is 10.6 Å². The summed E-state index contributed by atoms with van der Waals surface area (Å²) in [6, 6.07) is 12.6. The fourth-order valence-corrected chi connectivity index (χ4v) is 2.85. The average Bonchev–Trinajstić information content (AvgIpc) is 3.12. The van der Waals surface area contributed by atoms with Crippen LogP contribution < -0.4 is 10.1 Å². The summed E-state index contributed by atoms with van der Waals surface area (Å²) in [6.07, 6.45) is 0. The Morgan fingerprint density at radius 2 is 1.78 bits per heavy atom. The number of halogens is 2. The number of carboxylic acid groups (broad SMARTS) is 1. The quantitative estimate of drug-likeness (QED) is 0.607. The molecule has 1 amide bonds. The molecule has 0 aliphatic carbocycles. The number of carboxylic acids is 1. The van der Waals surface area contributed by atoms with E-state index in [1.165, 1.54) is 25.3 Å². The standard InChI is InChI=1S/C19H13Cl2NO5/c1-26-17-13(21)8-11(19(24)25)9-14(17)22-18(23)16-7-6-15(27-16)10-2-4-12(20)5-3-10/h2-9H,1H3,(H,22,23)(H,24,25). The summed E-state index contributed by atoms with van der Waals surface area (Å²) in [5, 5.41) is 12.4. The molecule has 3 aromatic rings. The minimum atomic E-state index is -1.18. The number of amides is 1. The first-order valence-corrected chi connectivity index (χ1v) is 8.42. The molecule has 2 aromatic carbocycles. The zero-order valence-electron chi connectivity index (χ0n) is 14.0. The third-order valence-corrected chi connectivity index (χ3v) is 4.23. The predicted octanol–water partition coefficient (Wildman–Crippen LogP) is 5.21. The van der Waals surface area contributed by atoms with Gasteiger partial charge in [-0.3, -0.25) is 4.79 Å². The molecule has 0 atom stereocenters. The molecule has 0 bridgehead atoms. The van der Waals surface area contributed by atoms with Crippen LogP contribution in [0.25, 0.3) is 11.3 Å². The Bertz CT molecular complexity index is 1010. The van der Waals surface area contributed by atoms with Crippen molar-refractivity contribution in [3.05, 3.63) is 69.9 Å². The van der Waals surface area contributed by atoms with Crippen molar-refractivity contribution in [2.45, 2.75) is 0 Å². The molecule has 0 saturated heterocycles. The van der Waals surface area contributed by atoms with Gasteiger partial charge in [-0.2, -0.15) is 0 Å². The van der Waals surface area contributed by atoms with Gasteiger partial charge in [0.25, 0.3) is 5.91 Å². The molecule has 0 fully saturated rings. The molecular formula is C19H13Cl2NO5. The Balaban J connectivity index is 1.88. The molecule has 2 N–H and O–H groups in total. The molecule has 3 rings (SSSR count). The molecule has 0 aliphatic heterocycles. The molecule has 0 unspecified atom stereocenters. The fraction of sp³-hybridized carbons (Fsp3) is 0.0526. The lowest BCUT2D eigenvalue weighted by Gasteiger charge is -2.12. The number of furan rings is 1. The van der Waals surface area contributed by atoms with Gasteiger partial charge < -0.3 is 19.6 Å². The fourth-order valence-electron chi connectivity index (χ4n) is 2.43. The van der Waals surface area contributed by atoms with Crippen molar-refractivity contribution in [1.82, 2.24) is 0 Å². The monoisotopic (exact) mass is 405 g/mol. The lowest BCUT2D eigenvalue weighted by Crippen LogP contribution is -2.13. The van der Waals surface area contributed by atoms with Crippen LogP contribution in [0.4, 0.5) is 5.69 Å². The van der Waals surface area contributed by atoms with E-state index in [4.69, 9.17) is 37.5 Å². The van der Waals surface area contributed by atoms with E-state index in [2.05, 4.69) is 5.32 Å². The van der Waals surface area contributed by atoms with Gasteiger partial charge in [-0.05, 0) is 48.5 Å². The van der Waals surface area contributed by atoms with E-state index in [0.29, 0.717) is 10.8 Å². The van der Waals surface area contributed by atoms with Crippen molar-refractivity contribution in [2.24, 2.45) is 0 Å². The maximum Gasteiger partial charge on any atom is 0.335 e. The zero-order valence-corrected chi connectivity index (χ0v) is 15.5. The molecule has 1 aromatic heterocycles. The smallest absolute Gasteiger partial charge is 0.335 e. The van der Waals surface area contributed by atoms with Gasteiger partial charge in [0.05, 0.1) is 23.4 Å². The largest absolute Gasteiger partial charge is 0.493 e. The minimum Gasteiger partial charge on any atom is -0.493 e. The number of nitrogens with one attached hydrogen (secondary N) is 1. The van der Waals surface area contributed by atoms with Gasteiger partial charge in [0.2, 0.25) is 0 Å². The third-order valence-electron chi connectivity index (χ3n) is 3.70. The van der Waals surface area contributed by atoms with E-state index in [1.807, 2.05) is 0 Å². The maximum atomic E-state index is 12.5. The molecule has 1 heterocycles. The van der Waals surface area contributed by atoms with Crippen LogP contribution >= 0.6 is 23.2 Å². The zero-order chi connectivity index (χ0) is 19.6. The molecule has 6 nitrogen and oxygen atoms in total. The Kier molecular flexibility index (Phi) is 5.39. The second-order valence-electron chi connectivity index (χ2n) is 5.47. The highest BCUT2D eigenvalue weighted by molar-refractivity contribution is 6.33. The second kappa shape index (κ2) is 7.73. The first-order chi connectivity index (χ1) is 12.9. The van der Waals surface area contributed by atoms with Gasteiger partial charge in [-0.1, -0.05) is 23.2 Å². The molecule has 27 heavy (non-hydrogen) atoms. The van der Waals surface area contributed by atoms with E-state index >= 15 is 0 Å². The van der Waals surface area contributed by atoms with E-state index in [1.54, 1.807) is 30.3 Å². The summed E-state index contributed by atoms with van der Waals surface area (Å²) in [7, 11) is 1.36. The lowest BCUT2D eigenvalue weighted by atomic mass is 10.2. The molecule has 0 radical (unpaired) electrons. The number of methoxy groups -OCH3 is 1. The highest BCUT2D eigenvalue weighted by Crippen LogP contribution is 2.35. The first kappa shape index (κ1) is 18.8. The highest BCUT2D eigenvalue weighted by Gasteiger charge is 2.18. The van der Waals surface area contributed by atoms with Crippen LogP contribution in [0.5, 0.6) is 5.75 Å². The predicted molar refractivity (Wildman–Crippen MR) is 102 cm³/mol. The van der Waals surface area contributed by atoms with Gasteiger partial charge in [-0.25, -0.2) is 4.79 Å². The summed E-state index contributed by atoms with van der Waals surface area (Å²) in [5.74, 6) is -1.08. The number of hydrogen-bond acceptors (Lipinski definition) is 4. The van der Waals surface area contributed by atoms with Crippen molar-refractivity contribution in [3.8, 4) is 17.1 Å². The van der Waals surface area contributed by atoms with Crippen LogP contribution in [0.15, 0.2) is 52.9 Å². The summed E-state index contributed by atoms with van der Waals surface area (Å²) >= 11 is 11.9. The summed E-state index contributed by atoms with van der Waals surface area (Å²) < 4.78 is 10.7. The van der Waals surface area contributed by atoms with Crippen molar-refractivity contribution >= 4 is 40.8 Å². The Morgan fingerprint density at radius 1 is 1.07 bits per heavy atom. The minimum absolute atomic E-state index is 0.0406. The number of benzene rings is 2. The Labute approximate surface area is 164 Å². The van der Waals surface area contributed by atoms with Crippen LogP contribution in [-0.2, 0) is 0 Å². The van der Waals surface area contributed by atoms with Crippen molar-refractivity contribution in [3.63, 3.8) is 0 Å². The number of hydrogen-bond donors (Lipinski definition) is 2. The van der Waals surface area contributed by atoms with Gasteiger partial charge in [0.15, 0.2) is 11.5 Å². The van der Waals surface area contributed by atoms with E-state index < -0.39 is 11.9 Å². The SMILES string of the molecule is COc1c(Cl)cc(C(=O)O)cc1NC(=O)c1ccc(-c2ccc(Cl)cc2)o1. The van der Waals surface area contributed by atoms with Gasteiger partial charge in [0.1, 0.15) is 5.76 Å². The number of carbonyl (C=O) groups excluding carboxylic acids is 1. The van der Waals surface area contributed by atoms with Crippen molar-refractivity contribution < 1.29 is 23.8 Å². The molecule has 8 heteroatoms. The third kappa shape index (κ3) is 4.07. The average molecular weight is 406 g/mol. The number of rotatable bonds is 5. The summed E-state index contributed by atoms with van der Waals surface area (Å²) in [5.41, 5.74) is 0.793. The van der Waals surface area contributed by atoms with E-state index in [-0.39, 0.29) is 27.8 Å². The van der Waals surface area contributed by atoms with Crippen LogP contribution in [-0.4, -0.2) is 24.1 Å². The van der Waals surface area contributed by atoms with E-state index in [0.717, 1.165) is 5.56 Å². The van der Waals surface area contributed by atoms with Gasteiger partial charge >= 0.3 is 5.97 Å². The number of carbonyl (C=O) groups is 2. The van der Waals surface area contributed by atoms with Crippen LogP contribution in [0.2, 0.25) is 10.0 Å². The van der Waals surface area contributed by atoms with Crippen LogP contribution in [0, 0.1) is 0 Å². The number of anilines is 1. The van der Waals surface area contributed by atoms with E-state index in [9.17, 15) is 9.59 Å². The number of ether oxygens (including phenoxy) is 1. The van der Waals surface area contributed by atoms with Gasteiger partial charge in [-0.15, -0.1) is 0 Å². The normalized spacial score (nSPS) is 10.5. The summed E-state index contributed by atoms with van der Waals surface area (Å²) in [6.45, 7) is 0. The first-order valence-electron chi connectivity index (χ1n) is 7.67. The molecular weight excluding hydrogens is 393 g/mol. The molecule has 0 aliphatic rings. The highest BCUT2D eigenvalue weighted by atomic mass is 35.5. The maximum absolute atomic E-state index is 12.5. The molecule has 0 spiro atoms. The molecule has 0 saturated carbocycles. The number of aromatic carboxylic acids is 1. The lowest BCUT2D eigenvalue weighted by molar-refractivity contribution is 0.0696. The summed E-state index contributed by atoms with van der Waals surface area (Å²) in [4.78, 5) is 23.7. The Hall–Kier alpha value is -2.96. The topological polar surface area (TPSA) is 88.8 Å². The molecule has 138 valence electrons. The second-order valence-corrected chi connectivity index (χ2v) is 6.31. The van der Waals surface area contributed by atoms with Crippen molar-refractivity contribution in [2.75, 3.05) is 12.4 Å². The van der Waals surface area contributed by atoms with Crippen molar-refractivity contribution in [1.29, 1.82) is 0 Å².